The largest absolute Gasteiger partial charge is 0.346 e. The molecule has 0 saturated carbocycles. The maximum absolute atomic E-state index is 13.2. The SMILES string of the molecule is Cc1ccc(-c2nn(Cc3ccccc3)cc2C(=O)NCc2cn3ccccc3n2)cc1. The first-order valence-corrected chi connectivity index (χ1v) is 10.5. The second-order valence-electron chi connectivity index (χ2n) is 7.82. The zero-order valence-corrected chi connectivity index (χ0v) is 17.8. The highest BCUT2D eigenvalue weighted by Gasteiger charge is 2.18. The van der Waals surface area contributed by atoms with Gasteiger partial charge in [-0.3, -0.25) is 9.48 Å². The number of benzene rings is 2. The van der Waals surface area contributed by atoms with E-state index in [-0.39, 0.29) is 5.91 Å². The van der Waals surface area contributed by atoms with Crippen molar-refractivity contribution in [2.75, 3.05) is 0 Å². The fourth-order valence-electron chi connectivity index (χ4n) is 3.70. The van der Waals surface area contributed by atoms with Gasteiger partial charge < -0.3 is 9.72 Å². The van der Waals surface area contributed by atoms with Gasteiger partial charge in [-0.25, -0.2) is 4.98 Å². The fourth-order valence-corrected chi connectivity index (χ4v) is 3.70. The lowest BCUT2D eigenvalue weighted by Gasteiger charge is -2.04. The summed E-state index contributed by atoms with van der Waals surface area (Å²) in [6.07, 6.45) is 5.69. The Kier molecular flexibility index (Phi) is 5.25. The quantitative estimate of drug-likeness (QED) is 0.440. The third-order valence-corrected chi connectivity index (χ3v) is 5.36. The maximum atomic E-state index is 13.2. The van der Waals surface area contributed by atoms with Crippen molar-refractivity contribution in [2.45, 2.75) is 20.0 Å². The average molecular weight is 422 g/mol. The average Bonchev–Trinajstić information content (AvgIpc) is 3.43. The molecule has 1 N–H and O–H groups in total. The molecule has 0 aliphatic heterocycles. The molecule has 1 amide bonds. The molecule has 32 heavy (non-hydrogen) atoms. The molecule has 5 rings (SSSR count). The van der Waals surface area contributed by atoms with Crippen LogP contribution < -0.4 is 5.32 Å². The summed E-state index contributed by atoms with van der Waals surface area (Å²) in [5, 5.41) is 7.76. The van der Waals surface area contributed by atoms with Gasteiger partial charge in [0.05, 0.1) is 24.3 Å². The van der Waals surface area contributed by atoms with Gasteiger partial charge in [0.15, 0.2) is 0 Å². The van der Waals surface area contributed by atoms with Crippen molar-refractivity contribution < 1.29 is 4.79 Å². The highest BCUT2D eigenvalue weighted by Crippen LogP contribution is 2.23. The van der Waals surface area contributed by atoms with Crippen LogP contribution in [0.4, 0.5) is 0 Å². The van der Waals surface area contributed by atoms with Crippen molar-refractivity contribution in [1.82, 2.24) is 24.5 Å². The molecule has 0 radical (unpaired) electrons. The number of pyridine rings is 1. The number of nitrogens with one attached hydrogen (secondary N) is 1. The van der Waals surface area contributed by atoms with Crippen molar-refractivity contribution in [3.8, 4) is 11.3 Å². The number of nitrogens with zero attached hydrogens (tertiary/aromatic N) is 4. The molecule has 2 aromatic carbocycles. The lowest BCUT2D eigenvalue weighted by Crippen LogP contribution is -2.23. The molecular weight excluding hydrogens is 398 g/mol. The molecule has 0 spiro atoms. The monoisotopic (exact) mass is 421 g/mol. The zero-order chi connectivity index (χ0) is 21.9. The minimum Gasteiger partial charge on any atom is -0.346 e. The smallest absolute Gasteiger partial charge is 0.255 e. The Bertz CT molecular complexity index is 1330. The van der Waals surface area contributed by atoms with Gasteiger partial charge in [-0.2, -0.15) is 5.10 Å². The standard InChI is InChI=1S/C26H23N5O/c1-19-10-12-21(13-11-19)25-23(18-31(29-25)16-20-7-3-2-4-8-20)26(32)27-15-22-17-30-14-6-5-9-24(30)28-22/h2-14,17-18H,15-16H2,1H3,(H,27,32). The van der Waals surface area contributed by atoms with Crippen LogP contribution >= 0.6 is 0 Å². The minimum absolute atomic E-state index is 0.169. The highest BCUT2D eigenvalue weighted by molar-refractivity contribution is 5.99. The maximum Gasteiger partial charge on any atom is 0.255 e. The van der Waals surface area contributed by atoms with Crippen LogP contribution in [-0.2, 0) is 13.1 Å². The van der Waals surface area contributed by atoms with Crippen LogP contribution in [0.15, 0.2) is 91.4 Å². The summed E-state index contributed by atoms with van der Waals surface area (Å²) in [5.41, 5.74) is 6.09. The third kappa shape index (κ3) is 4.16. The number of imidazole rings is 1. The Balaban J connectivity index is 1.42. The van der Waals surface area contributed by atoms with E-state index in [1.54, 1.807) is 0 Å². The van der Waals surface area contributed by atoms with Gasteiger partial charge in [-0.1, -0.05) is 66.2 Å². The van der Waals surface area contributed by atoms with Crippen molar-refractivity contribution >= 4 is 11.6 Å². The second kappa shape index (κ2) is 8.51. The van der Waals surface area contributed by atoms with E-state index in [1.165, 1.54) is 0 Å². The minimum atomic E-state index is -0.169. The molecular formula is C26H23N5O. The molecule has 3 aromatic heterocycles. The van der Waals surface area contributed by atoms with Gasteiger partial charge in [0.1, 0.15) is 11.3 Å². The van der Waals surface area contributed by atoms with Crippen LogP contribution in [0.25, 0.3) is 16.9 Å². The molecule has 0 saturated heterocycles. The van der Waals surface area contributed by atoms with Gasteiger partial charge in [0, 0.05) is 24.2 Å². The summed E-state index contributed by atoms with van der Waals surface area (Å²) in [5.74, 6) is -0.169. The Hall–Kier alpha value is -4.19. The molecule has 3 heterocycles. The van der Waals surface area contributed by atoms with Gasteiger partial charge in [-0.05, 0) is 24.6 Å². The molecule has 0 unspecified atom stereocenters. The van der Waals surface area contributed by atoms with Crippen molar-refractivity contribution in [3.05, 3.63) is 114 Å². The van der Waals surface area contributed by atoms with E-state index in [0.717, 1.165) is 28.0 Å². The summed E-state index contributed by atoms with van der Waals surface area (Å²) >= 11 is 0. The van der Waals surface area contributed by atoms with E-state index in [4.69, 9.17) is 5.10 Å². The molecule has 6 nitrogen and oxygen atoms in total. The molecule has 158 valence electrons. The number of fused-ring (bicyclic) bond motifs is 1. The van der Waals surface area contributed by atoms with Crippen LogP contribution in [0, 0.1) is 6.92 Å². The van der Waals surface area contributed by atoms with Crippen LogP contribution in [-0.4, -0.2) is 25.1 Å². The summed E-state index contributed by atoms with van der Waals surface area (Å²) < 4.78 is 3.77. The van der Waals surface area contributed by atoms with Crippen LogP contribution in [0.2, 0.25) is 0 Å². The number of amides is 1. The number of aryl methyl sites for hydroxylation is 1. The first kappa shape index (κ1) is 19.8. The lowest BCUT2D eigenvalue weighted by atomic mass is 10.1. The summed E-state index contributed by atoms with van der Waals surface area (Å²) in [6.45, 7) is 2.98. The molecule has 5 aromatic rings. The first-order valence-electron chi connectivity index (χ1n) is 10.5. The van der Waals surface area contributed by atoms with Crippen molar-refractivity contribution in [2.24, 2.45) is 0 Å². The van der Waals surface area contributed by atoms with Gasteiger partial charge in [-0.15, -0.1) is 0 Å². The second-order valence-corrected chi connectivity index (χ2v) is 7.82. The van der Waals surface area contributed by atoms with Crippen LogP contribution in [0.5, 0.6) is 0 Å². The summed E-state index contributed by atoms with van der Waals surface area (Å²) in [4.78, 5) is 17.7. The molecule has 0 bridgehead atoms. The van der Waals surface area contributed by atoms with E-state index >= 15 is 0 Å². The van der Waals surface area contributed by atoms with Crippen molar-refractivity contribution in [3.63, 3.8) is 0 Å². The molecule has 0 atom stereocenters. The predicted molar refractivity (Wildman–Crippen MR) is 124 cm³/mol. The first-order chi connectivity index (χ1) is 15.7. The van der Waals surface area contributed by atoms with E-state index in [1.807, 2.05) is 95.3 Å². The number of carbonyl (C=O) groups is 1. The Morgan fingerprint density at radius 2 is 1.72 bits per heavy atom. The molecule has 6 heteroatoms. The Morgan fingerprint density at radius 3 is 2.50 bits per heavy atom. The molecule has 0 aliphatic rings. The number of hydrogen-bond donors (Lipinski definition) is 1. The number of rotatable bonds is 6. The Morgan fingerprint density at radius 1 is 0.938 bits per heavy atom. The van der Waals surface area contributed by atoms with Gasteiger partial charge in [0.2, 0.25) is 0 Å². The topological polar surface area (TPSA) is 64.2 Å². The summed E-state index contributed by atoms with van der Waals surface area (Å²) in [6, 6.07) is 24.0. The van der Waals surface area contributed by atoms with Crippen molar-refractivity contribution in [1.29, 1.82) is 0 Å². The number of hydrogen-bond acceptors (Lipinski definition) is 3. The van der Waals surface area contributed by atoms with Crippen LogP contribution in [0.1, 0.15) is 27.2 Å². The fraction of sp³-hybridized carbons (Fsp3) is 0.115. The van der Waals surface area contributed by atoms with E-state index in [2.05, 4.69) is 22.4 Å². The molecule has 0 aliphatic carbocycles. The number of carbonyl (C=O) groups excluding carboxylic acids is 1. The predicted octanol–water partition coefficient (Wildman–Crippen LogP) is 4.48. The van der Waals surface area contributed by atoms with Gasteiger partial charge >= 0.3 is 0 Å². The van der Waals surface area contributed by atoms with E-state index in [0.29, 0.717) is 24.3 Å². The van der Waals surface area contributed by atoms with Crippen LogP contribution in [0.3, 0.4) is 0 Å². The zero-order valence-electron chi connectivity index (χ0n) is 17.8. The summed E-state index contributed by atoms with van der Waals surface area (Å²) in [7, 11) is 0. The third-order valence-electron chi connectivity index (χ3n) is 5.36. The Labute approximate surface area is 186 Å². The highest BCUT2D eigenvalue weighted by atomic mass is 16.1. The molecule has 0 fully saturated rings. The van der Waals surface area contributed by atoms with Gasteiger partial charge in [0.25, 0.3) is 5.91 Å². The lowest BCUT2D eigenvalue weighted by molar-refractivity contribution is 0.0951. The normalized spacial score (nSPS) is 11.0. The number of aromatic nitrogens is 4. The van der Waals surface area contributed by atoms with E-state index in [9.17, 15) is 4.79 Å². The van der Waals surface area contributed by atoms with E-state index < -0.39 is 0 Å².